The molecule has 3 aromatic heterocycles. The lowest BCUT2D eigenvalue weighted by Gasteiger charge is -2.03. The molecule has 0 radical (unpaired) electrons. The fourth-order valence-electron chi connectivity index (χ4n) is 1.67. The first-order valence-electron chi connectivity index (χ1n) is 5.86. The van der Waals surface area contributed by atoms with Crippen molar-refractivity contribution in [2.24, 2.45) is 0 Å². The van der Waals surface area contributed by atoms with Crippen LogP contribution in [-0.2, 0) is 4.79 Å². The second kappa shape index (κ2) is 6.22. The SMILES string of the molecule is N#Cc1ccsc1NC(=O)CSc1ncnc2sccc12. The zero-order chi connectivity index (χ0) is 14.7. The molecule has 0 aliphatic heterocycles. The topological polar surface area (TPSA) is 78.7 Å². The number of fused-ring (bicyclic) bond motifs is 1. The molecule has 3 rings (SSSR count). The monoisotopic (exact) mass is 332 g/mol. The summed E-state index contributed by atoms with van der Waals surface area (Å²) >= 11 is 4.25. The minimum atomic E-state index is -0.152. The molecule has 0 atom stereocenters. The molecule has 0 spiro atoms. The molecule has 3 aromatic rings. The van der Waals surface area contributed by atoms with E-state index in [1.54, 1.807) is 22.8 Å². The van der Waals surface area contributed by atoms with Gasteiger partial charge in [-0.1, -0.05) is 11.8 Å². The summed E-state index contributed by atoms with van der Waals surface area (Å²) in [5, 5.41) is 17.7. The molecular formula is C13H8N4OS3. The molecule has 8 heteroatoms. The number of rotatable bonds is 4. The van der Waals surface area contributed by atoms with Crippen LogP contribution < -0.4 is 5.32 Å². The fraction of sp³-hybridized carbons (Fsp3) is 0.0769. The van der Waals surface area contributed by atoms with Gasteiger partial charge in [-0.2, -0.15) is 5.26 Å². The predicted molar refractivity (Wildman–Crippen MR) is 85.8 cm³/mol. The summed E-state index contributed by atoms with van der Waals surface area (Å²) in [6, 6.07) is 5.68. The van der Waals surface area contributed by atoms with Crippen molar-refractivity contribution < 1.29 is 4.79 Å². The van der Waals surface area contributed by atoms with Crippen LogP contribution in [0.2, 0.25) is 0 Å². The molecule has 0 bridgehead atoms. The second-order valence-electron chi connectivity index (χ2n) is 3.93. The summed E-state index contributed by atoms with van der Waals surface area (Å²) in [5.41, 5.74) is 0.487. The third-order valence-electron chi connectivity index (χ3n) is 2.60. The van der Waals surface area contributed by atoms with Gasteiger partial charge in [0.2, 0.25) is 5.91 Å². The van der Waals surface area contributed by atoms with Crippen LogP contribution in [0.4, 0.5) is 5.00 Å². The number of anilines is 1. The van der Waals surface area contributed by atoms with Crippen molar-refractivity contribution in [1.82, 2.24) is 9.97 Å². The van der Waals surface area contributed by atoms with E-state index in [1.807, 2.05) is 17.5 Å². The Kier molecular flexibility index (Phi) is 4.15. The average molecular weight is 332 g/mol. The molecule has 0 unspecified atom stereocenters. The summed E-state index contributed by atoms with van der Waals surface area (Å²) < 4.78 is 0. The van der Waals surface area contributed by atoms with E-state index in [0.717, 1.165) is 15.2 Å². The minimum absolute atomic E-state index is 0.152. The number of carbonyl (C=O) groups excluding carboxylic acids is 1. The van der Waals surface area contributed by atoms with Crippen LogP contribution in [0.15, 0.2) is 34.2 Å². The van der Waals surface area contributed by atoms with Gasteiger partial charge in [-0.15, -0.1) is 22.7 Å². The first-order valence-corrected chi connectivity index (χ1v) is 8.61. The van der Waals surface area contributed by atoms with Crippen molar-refractivity contribution in [3.8, 4) is 6.07 Å². The highest BCUT2D eigenvalue weighted by Crippen LogP contribution is 2.28. The number of nitrogens with one attached hydrogen (secondary N) is 1. The maximum absolute atomic E-state index is 12.0. The first kappa shape index (κ1) is 14.0. The van der Waals surface area contributed by atoms with Gasteiger partial charge in [-0.3, -0.25) is 4.79 Å². The maximum atomic E-state index is 12.0. The molecule has 0 aliphatic rings. The van der Waals surface area contributed by atoms with Crippen LogP contribution in [0.1, 0.15) is 5.56 Å². The van der Waals surface area contributed by atoms with E-state index >= 15 is 0 Å². The molecule has 0 aromatic carbocycles. The van der Waals surface area contributed by atoms with E-state index in [9.17, 15) is 4.79 Å². The summed E-state index contributed by atoms with van der Waals surface area (Å²) in [4.78, 5) is 21.2. The Labute approximate surface area is 132 Å². The molecule has 104 valence electrons. The van der Waals surface area contributed by atoms with Crippen LogP contribution in [-0.4, -0.2) is 21.6 Å². The van der Waals surface area contributed by atoms with Gasteiger partial charge < -0.3 is 5.32 Å². The largest absolute Gasteiger partial charge is 0.316 e. The Hall–Kier alpha value is -1.95. The standard InChI is InChI=1S/C13H8N4OS3/c14-5-8-1-3-19-11(8)17-10(18)6-21-13-9-2-4-20-12(9)15-7-16-13/h1-4,7H,6H2,(H,17,18). The Balaban J connectivity index is 1.66. The highest BCUT2D eigenvalue weighted by atomic mass is 32.2. The Morgan fingerprint density at radius 2 is 2.19 bits per heavy atom. The van der Waals surface area contributed by atoms with Crippen LogP contribution in [0.25, 0.3) is 10.2 Å². The van der Waals surface area contributed by atoms with Gasteiger partial charge in [0.05, 0.1) is 11.3 Å². The molecule has 0 fully saturated rings. The summed E-state index contributed by atoms with van der Waals surface area (Å²) in [5.74, 6) is 0.0889. The Morgan fingerprint density at radius 3 is 3.05 bits per heavy atom. The first-order chi connectivity index (χ1) is 10.3. The van der Waals surface area contributed by atoms with Crippen LogP contribution in [0.3, 0.4) is 0 Å². The molecule has 0 saturated carbocycles. The van der Waals surface area contributed by atoms with Crippen molar-refractivity contribution in [3.63, 3.8) is 0 Å². The summed E-state index contributed by atoms with van der Waals surface area (Å²) in [6.45, 7) is 0. The van der Waals surface area contributed by atoms with Crippen molar-refractivity contribution in [2.45, 2.75) is 5.03 Å². The number of thiophene rings is 2. The zero-order valence-corrected chi connectivity index (χ0v) is 13.0. The average Bonchev–Trinajstić information content (AvgIpc) is 3.13. The number of hydrogen-bond donors (Lipinski definition) is 1. The lowest BCUT2D eigenvalue weighted by Crippen LogP contribution is -2.13. The lowest BCUT2D eigenvalue weighted by atomic mass is 10.3. The molecule has 0 saturated heterocycles. The van der Waals surface area contributed by atoms with Gasteiger partial charge in [-0.25, -0.2) is 9.97 Å². The van der Waals surface area contributed by atoms with Crippen LogP contribution >= 0.6 is 34.4 Å². The molecule has 21 heavy (non-hydrogen) atoms. The van der Waals surface area contributed by atoms with Crippen LogP contribution in [0, 0.1) is 11.3 Å². The lowest BCUT2D eigenvalue weighted by molar-refractivity contribution is -0.113. The highest BCUT2D eigenvalue weighted by molar-refractivity contribution is 8.00. The number of nitrogens with zero attached hydrogens (tertiary/aromatic N) is 3. The summed E-state index contributed by atoms with van der Waals surface area (Å²) in [7, 11) is 0. The minimum Gasteiger partial charge on any atom is -0.316 e. The van der Waals surface area contributed by atoms with Gasteiger partial charge in [0.1, 0.15) is 27.3 Å². The van der Waals surface area contributed by atoms with E-state index in [-0.39, 0.29) is 11.7 Å². The van der Waals surface area contributed by atoms with Gasteiger partial charge in [0.15, 0.2) is 0 Å². The van der Waals surface area contributed by atoms with Crippen molar-refractivity contribution in [3.05, 3.63) is 34.8 Å². The third kappa shape index (κ3) is 3.05. The fourth-order valence-corrected chi connectivity index (χ4v) is 4.01. The van der Waals surface area contributed by atoms with Crippen molar-refractivity contribution in [1.29, 1.82) is 5.26 Å². The second-order valence-corrected chi connectivity index (χ2v) is 6.71. The number of nitriles is 1. The van der Waals surface area contributed by atoms with Crippen molar-refractivity contribution >= 4 is 55.6 Å². The molecular weight excluding hydrogens is 324 g/mol. The quantitative estimate of drug-likeness (QED) is 0.585. The van der Waals surface area contributed by atoms with E-state index in [1.165, 1.54) is 29.4 Å². The highest BCUT2D eigenvalue weighted by Gasteiger charge is 2.11. The summed E-state index contributed by atoms with van der Waals surface area (Å²) in [6.07, 6.45) is 1.51. The van der Waals surface area contributed by atoms with Gasteiger partial charge >= 0.3 is 0 Å². The maximum Gasteiger partial charge on any atom is 0.235 e. The molecule has 1 N–H and O–H groups in total. The van der Waals surface area contributed by atoms with Crippen LogP contribution in [0.5, 0.6) is 0 Å². The Morgan fingerprint density at radius 1 is 1.33 bits per heavy atom. The predicted octanol–water partition coefficient (Wildman–Crippen LogP) is 3.36. The zero-order valence-electron chi connectivity index (χ0n) is 10.6. The number of hydrogen-bond acceptors (Lipinski definition) is 7. The van der Waals surface area contributed by atoms with E-state index in [2.05, 4.69) is 15.3 Å². The third-order valence-corrected chi connectivity index (χ3v) is 5.26. The normalized spacial score (nSPS) is 10.4. The molecule has 3 heterocycles. The van der Waals surface area contributed by atoms with Gasteiger partial charge in [-0.05, 0) is 22.9 Å². The number of thioether (sulfide) groups is 1. The number of amides is 1. The van der Waals surface area contributed by atoms with E-state index in [4.69, 9.17) is 5.26 Å². The number of carbonyl (C=O) groups is 1. The van der Waals surface area contributed by atoms with E-state index < -0.39 is 0 Å². The number of aromatic nitrogens is 2. The van der Waals surface area contributed by atoms with Gasteiger partial charge in [0, 0.05) is 5.39 Å². The molecule has 0 aliphatic carbocycles. The van der Waals surface area contributed by atoms with Crippen molar-refractivity contribution in [2.75, 3.05) is 11.1 Å². The molecule has 5 nitrogen and oxygen atoms in total. The van der Waals surface area contributed by atoms with Gasteiger partial charge in [0.25, 0.3) is 0 Å². The van der Waals surface area contributed by atoms with E-state index in [0.29, 0.717) is 10.6 Å². The smallest absolute Gasteiger partial charge is 0.235 e. The molecule has 1 amide bonds. The Bertz CT molecular complexity index is 833.